The summed E-state index contributed by atoms with van der Waals surface area (Å²) < 4.78 is 13.3. The number of aromatic amines is 1. The van der Waals surface area contributed by atoms with Crippen LogP contribution in [-0.2, 0) is 6.54 Å². The number of likely N-dealkylation sites (tertiary alicyclic amines) is 1. The number of aromatic nitrogens is 2. The van der Waals surface area contributed by atoms with E-state index in [9.17, 15) is 4.39 Å². The van der Waals surface area contributed by atoms with Crippen LogP contribution < -0.4 is 0 Å². The van der Waals surface area contributed by atoms with Crippen molar-refractivity contribution in [1.82, 2.24) is 14.9 Å². The van der Waals surface area contributed by atoms with E-state index in [0.29, 0.717) is 6.04 Å². The molecule has 1 aromatic carbocycles. The van der Waals surface area contributed by atoms with E-state index in [1.165, 1.54) is 6.07 Å². The number of rotatable bonds is 3. The van der Waals surface area contributed by atoms with Gasteiger partial charge in [-0.2, -0.15) is 0 Å². The van der Waals surface area contributed by atoms with Gasteiger partial charge in [0, 0.05) is 18.4 Å². The van der Waals surface area contributed by atoms with Crippen LogP contribution in [0.2, 0.25) is 0 Å². The van der Waals surface area contributed by atoms with E-state index in [1.54, 1.807) is 18.3 Å². The zero-order valence-electron chi connectivity index (χ0n) is 10.1. The second kappa shape index (κ2) is 4.90. The maximum absolute atomic E-state index is 13.3. The fourth-order valence-electron chi connectivity index (χ4n) is 2.68. The van der Waals surface area contributed by atoms with Crippen molar-refractivity contribution in [1.29, 1.82) is 0 Å². The number of imidazole rings is 1. The largest absolute Gasteiger partial charge is 0.348 e. The van der Waals surface area contributed by atoms with Crippen molar-refractivity contribution in [3.05, 3.63) is 53.9 Å². The molecule has 1 saturated heterocycles. The molecule has 3 nitrogen and oxygen atoms in total. The van der Waals surface area contributed by atoms with Crippen molar-refractivity contribution in [2.45, 2.75) is 25.4 Å². The van der Waals surface area contributed by atoms with E-state index < -0.39 is 0 Å². The van der Waals surface area contributed by atoms with Gasteiger partial charge in [0.2, 0.25) is 0 Å². The van der Waals surface area contributed by atoms with Gasteiger partial charge in [-0.1, -0.05) is 12.1 Å². The molecule has 1 aromatic heterocycles. The van der Waals surface area contributed by atoms with Crippen molar-refractivity contribution in [3.63, 3.8) is 0 Å². The van der Waals surface area contributed by atoms with Gasteiger partial charge < -0.3 is 4.98 Å². The van der Waals surface area contributed by atoms with E-state index in [0.717, 1.165) is 37.3 Å². The number of hydrogen-bond acceptors (Lipinski definition) is 2. The fourth-order valence-corrected chi connectivity index (χ4v) is 2.68. The number of benzene rings is 1. The number of nitrogens with zero attached hydrogens (tertiary/aromatic N) is 2. The molecule has 0 amide bonds. The van der Waals surface area contributed by atoms with Gasteiger partial charge in [0.15, 0.2) is 0 Å². The molecule has 18 heavy (non-hydrogen) atoms. The molecule has 0 aliphatic carbocycles. The van der Waals surface area contributed by atoms with Gasteiger partial charge in [0.25, 0.3) is 0 Å². The monoisotopic (exact) mass is 245 g/mol. The standard InChI is InChI=1S/C14H16FN3/c15-12-4-1-3-11(9-12)13-5-2-8-18(13)10-14-16-6-7-17-14/h1,3-4,6-7,9,13H,2,5,8,10H2,(H,16,17). The highest BCUT2D eigenvalue weighted by Gasteiger charge is 2.26. The Morgan fingerprint density at radius 3 is 3.17 bits per heavy atom. The van der Waals surface area contributed by atoms with Gasteiger partial charge >= 0.3 is 0 Å². The number of nitrogens with one attached hydrogen (secondary N) is 1. The molecule has 4 heteroatoms. The van der Waals surface area contributed by atoms with Crippen LogP contribution in [0.25, 0.3) is 0 Å². The van der Waals surface area contributed by atoms with Gasteiger partial charge in [0.05, 0.1) is 6.54 Å². The Hall–Kier alpha value is -1.68. The third-order valence-electron chi connectivity index (χ3n) is 3.50. The summed E-state index contributed by atoms with van der Waals surface area (Å²) >= 11 is 0. The SMILES string of the molecule is Fc1cccc(C2CCCN2Cc2ncc[nH]2)c1. The molecule has 2 aromatic rings. The summed E-state index contributed by atoms with van der Waals surface area (Å²) in [4.78, 5) is 9.73. The molecular formula is C14H16FN3. The van der Waals surface area contributed by atoms with Crippen LogP contribution in [0.1, 0.15) is 30.3 Å². The second-order valence-electron chi connectivity index (χ2n) is 4.72. The fraction of sp³-hybridized carbons (Fsp3) is 0.357. The van der Waals surface area contributed by atoms with Crippen molar-refractivity contribution in [2.75, 3.05) is 6.54 Å². The number of H-pyrrole nitrogens is 1. The van der Waals surface area contributed by atoms with Crippen molar-refractivity contribution < 1.29 is 4.39 Å². The quantitative estimate of drug-likeness (QED) is 0.901. The Morgan fingerprint density at radius 2 is 2.39 bits per heavy atom. The summed E-state index contributed by atoms with van der Waals surface area (Å²) in [5.41, 5.74) is 1.07. The maximum atomic E-state index is 13.3. The molecule has 1 aliphatic rings. The normalized spacial score (nSPS) is 20.4. The molecule has 1 unspecified atom stereocenters. The highest BCUT2D eigenvalue weighted by atomic mass is 19.1. The Morgan fingerprint density at radius 1 is 1.44 bits per heavy atom. The average molecular weight is 245 g/mol. The van der Waals surface area contributed by atoms with Gasteiger partial charge in [-0.25, -0.2) is 9.37 Å². The molecule has 1 fully saturated rings. The first-order valence-corrected chi connectivity index (χ1v) is 6.31. The predicted octanol–water partition coefficient (Wildman–Crippen LogP) is 2.89. The van der Waals surface area contributed by atoms with Crippen LogP contribution in [-0.4, -0.2) is 21.4 Å². The van der Waals surface area contributed by atoms with Crippen LogP contribution in [0.4, 0.5) is 4.39 Å². The zero-order chi connectivity index (χ0) is 12.4. The van der Waals surface area contributed by atoms with Gasteiger partial charge in [-0.3, -0.25) is 4.90 Å². The topological polar surface area (TPSA) is 31.9 Å². The van der Waals surface area contributed by atoms with Gasteiger partial charge in [-0.05, 0) is 37.1 Å². The highest BCUT2D eigenvalue weighted by Crippen LogP contribution is 2.32. The summed E-state index contributed by atoms with van der Waals surface area (Å²) in [6, 6.07) is 7.24. The number of hydrogen-bond donors (Lipinski definition) is 1. The molecule has 2 heterocycles. The smallest absolute Gasteiger partial charge is 0.123 e. The van der Waals surface area contributed by atoms with Crippen LogP contribution in [0.5, 0.6) is 0 Å². The molecule has 3 rings (SSSR count). The summed E-state index contributed by atoms with van der Waals surface area (Å²) in [6.07, 6.45) is 5.84. The first kappa shape index (κ1) is 11.4. The first-order valence-electron chi connectivity index (χ1n) is 6.31. The minimum atomic E-state index is -0.155. The van der Waals surface area contributed by atoms with E-state index in [2.05, 4.69) is 14.9 Å². The summed E-state index contributed by atoms with van der Waals surface area (Å²) in [5.74, 6) is 0.815. The summed E-state index contributed by atoms with van der Waals surface area (Å²) in [7, 11) is 0. The predicted molar refractivity (Wildman–Crippen MR) is 67.4 cm³/mol. The lowest BCUT2D eigenvalue weighted by atomic mass is 10.0. The van der Waals surface area contributed by atoms with E-state index in [4.69, 9.17) is 0 Å². The third-order valence-corrected chi connectivity index (χ3v) is 3.50. The van der Waals surface area contributed by atoms with Crippen LogP contribution in [0.3, 0.4) is 0 Å². The zero-order valence-corrected chi connectivity index (χ0v) is 10.1. The summed E-state index contributed by atoms with van der Waals surface area (Å²) in [6.45, 7) is 1.84. The molecule has 1 N–H and O–H groups in total. The van der Waals surface area contributed by atoms with Crippen molar-refractivity contribution in [3.8, 4) is 0 Å². The van der Waals surface area contributed by atoms with Crippen LogP contribution in [0, 0.1) is 5.82 Å². The molecule has 0 spiro atoms. The minimum Gasteiger partial charge on any atom is -0.348 e. The van der Waals surface area contributed by atoms with E-state index in [-0.39, 0.29) is 5.82 Å². The molecule has 0 radical (unpaired) electrons. The maximum Gasteiger partial charge on any atom is 0.123 e. The highest BCUT2D eigenvalue weighted by molar-refractivity contribution is 5.21. The molecule has 0 bridgehead atoms. The minimum absolute atomic E-state index is 0.155. The van der Waals surface area contributed by atoms with E-state index in [1.807, 2.05) is 12.3 Å². The molecular weight excluding hydrogens is 229 g/mol. The average Bonchev–Trinajstić information content (AvgIpc) is 3.01. The van der Waals surface area contributed by atoms with E-state index >= 15 is 0 Å². The molecule has 94 valence electrons. The van der Waals surface area contributed by atoms with Crippen molar-refractivity contribution >= 4 is 0 Å². The van der Waals surface area contributed by atoms with Gasteiger partial charge in [-0.15, -0.1) is 0 Å². The Labute approximate surface area is 106 Å². The third kappa shape index (κ3) is 2.29. The second-order valence-corrected chi connectivity index (χ2v) is 4.72. The lowest BCUT2D eigenvalue weighted by Gasteiger charge is -2.23. The Balaban J connectivity index is 1.79. The van der Waals surface area contributed by atoms with Gasteiger partial charge in [0.1, 0.15) is 11.6 Å². The lowest BCUT2D eigenvalue weighted by molar-refractivity contribution is 0.242. The molecule has 1 atom stereocenters. The number of halogens is 1. The first-order chi connectivity index (χ1) is 8.83. The Bertz CT molecular complexity index is 510. The van der Waals surface area contributed by atoms with Crippen LogP contribution >= 0.6 is 0 Å². The lowest BCUT2D eigenvalue weighted by Crippen LogP contribution is -2.23. The molecule has 1 aliphatic heterocycles. The summed E-state index contributed by atoms with van der Waals surface area (Å²) in [5, 5.41) is 0. The molecule has 0 saturated carbocycles. The van der Waals surface area contributed by atoms with Crippen molar-refractivity contribution in [2.24, 2.45) is 0 Å². The van der Waals surface area contributed by atoms with Crippen LogP contribution in [0.15, 0.2) is 36.7 Å². The Kier molecular flexibility index (Phi) is 3.11.